The second-order valence-electron chi connectivity index (χ2n) is 5.71. The van der Waals surface area contributed by atoms with E-state index in [4.69, 9.17) is 0 Å². The Morgan fingerprint density at radius 3 is 2.50 bits per heavy atom. The van der Waals surface area contributed by atoms with Gasteiger partial charge in [0.15, 0.2) is 0 Å². The fourth-order valence-electron chi connectivity index (χ4n) is 2.20. The number of pyridine rings is 1. The molecule has 0 radical (unpaired) electrons. The Morgan fingerprint density at radius 2 is 1.92 bits per heavy atom. The minimum atomic E-state index is -3.61. The Kier molecular flexibility index (Phi) is 5.36. The van der Waals surface area contributed by atoms with Gasteiger partial charge in [0, 0.05) is 25.9 Å². The van der Waals surface area contributed by atoms with Crippen LogP contribution in [0.15, 0.2) is 41.4 Å². The van der Waals surface area contributed by atoms with Crippen LogP contribution in [0, 0.1) is 13.8 Å². The number of nitrogens with zero attached hydrogens (tertiary/aromatic N) is 2. The quantitative estimate of drug-likeness (QED) is 0.896. The highest BCUT2D eigenvalue weighted by Crippen LogP contribution is 2.23. The molecule has 0 bridgehead atoms. The maximum absolute atomic E-state index is 12.4. The topological polar surface area (TPSA) is 79.4 Å². The summed E-state index contributed by atoms with van der Waals surface area (Å²) < 4.78 is 26.0. The molecule has 0 unspecified atom stereocenters. The molecule has 2 aromatic rings. The zero-order chi connectivity index (χ0) is 17.9. The summed E-state index contributed by atoms with van der Waals surface area (Å²) in [6.45, 7) is 3.81. The van der Waals surface area contributed by atoms with Crippen molar-refractivity contribution < 1.29 is 13.2 Å². The molecule has 0 saturated carbocycles. The van der Waals surface area contributed by atoms with E-state index in [1.807, 2.05) is 12.1 Å². The summed E-state index contributed by atoms with van der Waals surface area (Å²) in [6, 6.07) is 8.56. The lowest BCUT2D eigenvalue weighted by Gasteiger charge is -2.16. The average molecular weight is 347 g/mol. The molecule has 0 aliphatic rings. The minimum Gasteiger partial charge on any atom is -0.346 e. The predicted molar refractivity (Wildman–Crippen MR) is 92.2 cm³/mol. The molecule has 2 rings (SSSR count). The maximum Gasteiger partial charge on any atom is 0.251 e. The average Bonchev–Trinajstić information content (AvgIpc) is 2.55. The second-order valence-corrected chi connectivity index (χ2v) is 7.83. The van der Waals surface area contributed by atoms with Gasteiger partial charge in [-0.25, -0.2) is 12.7 Å². The van der Waals surface area contributed by atoms with Crippen LogP contribution in [0.3, 0.4) is 0 Å². The minimum absolute atomic E-state index is 0.149. The van der Waals surface area contributed by atoms with Gasteiger partial charge in [0.25, 0.3) is 5.91 Å². The molecule has 1 aromatic heterocycles. The highest BCUT2D eigenvalue weighted by Gasteiger charge is 2.22. The molecule has 0 atom stereocenters. The van der Waals surface area contributed by atoms with Crippen LogP contribution in [0.4, 0.5) is 0 Å². The standard InChI is InChI=1S/C17H21N3O3S/c1-12-9-14(10-16(13(12)2)24(22,23)20(3)4)17(21)19-11-15-7-5-6-8-18-15/h5-10H,11H2,1-4H3,(H,19,21). The van der Waals surface area contributed by atoms with E-state index in [1.54, 1.807) is 32.2 Å². The lowest BCUT2D eigenvalue weighted by atomic mass is 10.1. The highest BCUT2D eigenvalue weighted by atomic mass is 32.2. The van der Waals surface area contributed by atoms with E-state index in [2.05, 4.69) is 10.3 Å². The van der Waals surface area contributed by atoms with Crippen molar-refractivity contribution >= 4 is 15.9 Å². The van der Waals surface area contributed by atoms with Gasteiger partial charge in [0.1, 0.15) is 0 Å². The SMILES string of the molecule is Cc1cc(C(=O)NCc2ccccn2)cc(S(=O)(=O)N(C)C)c1C. The first kappa shape index (κ1) is 18.1. The monoisotopic (exact) mass is 347 g/mol. The normalized spacial score (nSPS) is 11.5. The lowest BCUT2D eigenvalue weighted by Crippen LogP contribution is -2.26. The molecule has 0 aliphatic heterocycles. The van der Waals surface area contributed by atoms with Gasteiger partial charge in [-0.15, -0.1) is 0 Å². The van der Waals surface area contributed by atoms with Crippen LogP contribution in [-0.4, -0.2) is 37.7 Å². The molecule has 1 aromatic carbocycles. The Balaban J connectivity index is 2.31. The third-order valence-electron chi connectivity index (χ3n) is 3.80. The molecule has 0 saturated heterocycles. The smallest absolute Gasteiger partial charge is 0.251 e. The van der Waals surface area contributed by atoms with Gasteiger partial charge < -0.3 is 5.32 Å². The molecule has 1 heterocycles. The molecule has 128 valence electrons. The van der Waals surface area contributed by atoms with Crippen molar-refractivity contribution in [3.63, 3.8) is 0 Å². The van der Waals surface area contributed by atoms with E-state index in [-0.39, 0.29) is 17.3 Å². The molecular weight excluding hydrogens is 326 g/mol. The van der Waals surface area contributed by atoms with E-state index < -0.39 is 10.0 Å². The van der Waals surface area contributed by atoms with Crippen molar-refractivity contribution in [2.45, 2.75) is 25.3 Å². The van der Waals surface area contributed by atoms with Crippen LogP contribution >= 0.6 is 0 Å². The molecular formula is C17H21N3O3S. The van der Waals surface area contributed by atoms with Crippen molar-refractivity contribution in [3.05, 3.63) is 58.9 Å². The van der Waals surface area contributed by atoms with Crippen molar-refractivity contribution in [1.82, 2.24) is 14.6 Å². The van der Waals surface area contributed by atoms with E-state index in [0.717, 1.165) is 15.6 Å². The van der Waals surface area contributed by atoms with E-state index in [0.29, 0.717) is 11.1 Å². The number of aryl methyl sites for hydroxylation is 1. The molecule has 7 heteroatoms. The van der Waals surface area contributed by atoms with Gasteiger partial charge in [-0.2, -0.15) is 0 Å². The molecule has 6 nitrogen and oxygen atoms in total. The second kappa shape index (κ2) is 7.11. The van der Waals surface area contributed by atoms with Gasteiger partial charge in [0.05, 0.1) is 17.1 Å². The van der Waals surface area contributed by atoms with Crippen molar-refractivity contribution in [2.24, 2.45) is 0 Å². The summed E-state index contributed by atoms with van der Waals surface area (Å²) in [5.74, 6) is -0.334. The molecule has 24 heavy (non-hydrogen) atoms. The van der Waals surface area contributed by atoms with Crippen LogP contribution in [0.25, 0.3) is 0 Å². The van der Waals surface area contributed by atoms with Gasteiger partial charge in [0.2, 0.25) is 10.0 Å². The number of amides is 1. The summed E-state index contributed by atoms with van der Waals surface area (Å²) in [4.78, 5) is 16.7. The lowest BCUT2D eigenvalue weighted by molar-refractivity contribution is 0.0950. The van der Waals surface area contributed by atoms with Crippen LogP contribution < -0.4 is 5.32 Å². The number of carbonyl (C=O) groups excluding carboxylic acids is 1. The van der Waals surface area contributed by atoms with Gasteiger partial charge in [-0.3, -0.25) is 9.78 Å². The fraction of sp³-hybridized carbons (Fsp3) is 0.294. The van der Waals surface area contributed by atoms with Crippen molar-refractivity contribution in [1.29, 1.82) is 0 Å². The first-order valence-corrected chi connectivity index (χ1v) is 8.89. The largest absolute Gasteiger partial charge is 0.346 e. The summed E-state index contributed by atoms with van der Waals surface area (Å²) >= 11 is 0. The van der Waals surface area contributed by atoms with Crippen LogP contribution in [-0.2, 0) is 16.6 Å². The number of sulfonamides is 1. The van der Waals surface area contributed by atoms with Crippen molar-refractivity contribution in [3.8, 4) is 0 Å². The molecule has 1 amide bonds. The number of carbonyl (C=O) groups is 1. The van der Waals surface area contributed by atoms with E-state index in [1.165, 1.54) is 20.2 Å². The third kappa shape index (κ3) is 3.80. The van der Waals surface area contributed by atoms with Crippen LogP contribution in [0.5, 0.6) is 0 Å². The third-order valence-corrected chi connectivity index (χ3v) is 5.74. The zero-order valence-corrected chi connectivity index (χ0v) is 15.0. The molecule has 0 fully saturated rings. The Hall–Kier alpha value is -2.25. The van der Waals surface area contributed by atoms with Crippen LogP contribution in [0.2, 0.25) is 0 Å². The number of nitrogens with one attached hydrogen (secondary N) is 1. The van der Waals surface area contributed by atoms with Crippen molar-refractivity contribution in [2.75, 3.05) is 14.1 Å². The van der Waals surface area contributed by atoms with E-state index >= 15 is 0 Å². The predicted octanol–water partition coefficient (Wildman–Crippen LogP) is 1.88. The summed E-state index contributed by atoms with van der Waals surface area (Å²) in [5, 5.41) is 2.76. The number of benzene rings is 1. The zero-order valence-electron chi connectivity index (χ0n) is 14.2. The van der Waals surface area contributed by atoms with E-state index in [9.17, 15) is 13.2 Å². The van der Waals surface area contributed by atoms with Gasteiger partial charge >= 0.3 is 0 Å². The molecule has 0 spiro atoms. The number of aromatic nitrogens is 1. The number of hydrogen-bond acceptors (Lipinski definition) is 4. The Bertz CT molecular complexity index is 847. The first-order valence-electron chi connectivity index (χ1n) is 7.45. The van der Waals surface area contributed by atoms with Gasteiger partial charge in [-0.1, -0.05) is 6.07 Å². The summed E-state index contributed by atoms with van der Waals surface area (Å²) in [5.41, 5.74) is 2.44. The number of rotatable bonds is 5. The number of hydrogen-bond donors (Lipinski definition) is 1. The summed E-state index contributed by atoms with van der Waals surface area (Å²) in [7, 11) is -0.672. The molecule has 1 N–H and O–H groups in total. The fourth-order valence-corrected chi connectivity index (χ4v) is 3.42. The Labute approximate surface area is 142 Å². The molecule has 0 aliphatic carbocycles. The van der Waals surface area contributed by atoms with Gasteiger partial charge in [-0.05, 0) is 49.2 Å². The van der Waals surface area contributed by atoms with Crippen LogP contribution in [0.1, 0.15) is 27.2 Å². The first-order chi connectivity index (χ1) is 11.2. The highest BCUT2D eigenvalue weighted by molar-refractivity contribution is 7.89. The maximum atomic E-state index is 12.4. The summed E-state index contributed by atoms with van der Waals surface area (Å²) in [6.07, 6.45) is 1.65. The Morgan fingerprint density at radius 1 is 1.21 bits per heavy atom.